The van der Waals surface area contributed by atoms with Gasteiger partial charge >= 0.3 is 0 Å². The lowest BCUT2D eigenvalue weighted by molar-refractivity contribution is 0.0125. The molecule has 0 aromatic carbocycles. The van der Waals surface area contributed by atoms with E-state index in [1.165, 1.54) is 0 Å². The Morgan fingerprint density at radius 3 is 3.21 bits per heavy atom. The lowest BCUT2D eigenvalue weighted by Crippen LogP contribution is -2.33. The van der Waals surface area contributed by atoms with E-state index in [4.69, 9.17) is 13.9 Å². The predicted molar refractivity (Wildman–Crippen MR) is 51.0 cm³/mol. The largest absolute Gasteiger partial charge is 0.461 e. The van der Waals surface area contributed by atoms with Crippen molar-refractivity contribution in [1.29, 1.82) is 0 Å². The highest BCUT2D eigenvalue weighted by Crippen LogP contribution is 2.21. The zero-order chi connectivity index (χ0) is 9.80. The summed E-state index contributed by atoms with van der Waals surface area (Å²) in [5.74, 6) is 1.72. The van der Waals surface area contributed by atoms with Crippen molar-refractivity contribution in [3.05, 3.63) is 23.7 Å². The lowest BCUT2D eigenvalue weighted by Gasteiger charge is -2.21. The first kappa shape index (κ1) is 9.71. The molecule has 2 rings (SSSR count). The molecule has 78 valence electrons. The average Bonchev–Trinajstić information content (AvgIpc) is 2.68. The normalized spacial score (nSPS) is 22.5. The summed E-state index contributed by atoms with van der Waals surface area (Å²) in [6.45, 7) is 2.99. The second kappa shape index (κ2) is 4.59. The number of morpholine rings is 1. The van der Waals surface area contributed by atoms with Gasteiger partial charge in [-0.3, -0.25) is 0 Å². The van der Waals surface area contributed by atoms with Crippen LogP contribution >= 0.6 is 0 Å². The van der Waals surface area contributed by atoms with Gasteiger partial charge in [0.15, 0.2) is 0 Å². The minimum absolute atomic E-state index is 0.0503. The van der Waals surface area contributed by atoms with Crippen molar-refractivity contribution in [2.75, 3.05) is 26.8 Å². The van der Waals surface area contributed by atoms with Gasteiger partial charge in [0.25, 0.3) is 0 Å². The summed E-state index contributed by atoms with van der Waals surface area (Å²) in [7, 11) is 1.65. The van der Waals surface area contributed by atoms with Crippen LogP contribution in [0.3, 0.4) is 0 Å². The Hall–Kier alpha value is -0.840. The second-order valence-electron chi connectivity index (χ2n) is 3.30. The molecule has 2 heterocycles. The third-order valence-electron chi connectivity index (χ3n) is 2.21. The molecule has 14 heavy (non-hydrogen) atoms. The first-order valence-corrected chi connectivity index (χ1v) is 4.80. The van der Waals surface area contributed by atoms with Gasteiger partial charge < -0.3 is 19.2 Å². The van der Waals surface area contributed by atoms with Crippen molar-refractivity contribution in [2.45, 2.75) is 12.7 Å². The molecular weight excluding hydrogens is 182 g/mol. The summed E-state index contributed by atoms with van der Waals surface area (Å²) in [6, 6.07) is 3.88. The van der Waals surface area contributed by atoms with E-state index in [0.717, 1.165) is 31.2 Å². The first-order valence-electron chi connectivity index (χ1n) is 4.80. The van der Waals surface area contributed by atoms with E-state index < -0.39 is 0 Å². The highest BCUT2D eigenvalue weighted by molar-refractivity contribution is 5.09. The molecule has 0 saturated carbocycles. The van der Waals surface area contributed by atoms with E-state index in [0.29, 0.717) is 6.61 Å². The quantitative estimate of drug-likeness (QED) is 0.787. The van der Waals surface area contributed by atoms with Gasteiger partial charge in [-0.25, -0.2) is 0 Å². The van der Waals surface area contributed by atoms with Crippen molar-refractivity contribution in [3.63, 3.8) is 0 Å². The molecule has 0 radical (unpaired) electrons. The van der Waals surface area contributed by atoms with Crippen LogP contribution in [-0.4, -0.2) is 26.8 Å². The van der Waals surface area contributed by atoms with Gasteiger partial charge in [0.1, 0.15) is 24.2 Å². The SMILES string of the molecule is COCc1ccc(C2CNCCO2)o1. The third kappa shape index (κ3) is 2.15. The zero-order valence-electron chi connectivity index (χ0n) is 8.29. The van der Waals surface area contributed by atoms with E-state index in [1.807, 2.05) is 12.1 Å². The summed E-state index contributed by atoms with van der Waals surface area (Å²) in [5.41, 5.74) is 0. The van der Waals surface area contributed by atoms with Crippen molar-refractivity contribution in [3.8, 4) is 0 Å². The van der Waals surface area contributed by atoms with Gasteiger partial charge in [0.05, 0.1) is 6.61 Å². The van der Waals surface area contributed by atoms with Crippen LogP contribution in [0.5, 0.6) is 0 Å². The van der Waals surface area contributed by atoms with Crippen LogP contribution in [0.15, 0.2) is 16.5 Å². The highest BCUT2D eigenvalue weighted by Gasteiger charge is 2.18. The smallest absolute Gasteiger partial charge is 0.134 e. The average molecular weight is 197 g/mol. The van der Waals surface area contributed by atoms with Crippen molar-refractivity contribution < 1.29 is 13.9 Å². The van der Waals surface area contributed by atoms with E-state index in [-0.39, 0.29) is 6.10 Å². The van der Waals surface area contributed by atoms with E-state index in [1.54, 1.807) is 7.11 Å². The Morgan fingerprint density at radius 2 is 2.50 bits per heavy atom. The van der Waals surface area contributed by atoms with Crippen molar-refractivity contribution in [1.82, 2.24) is 5.32 Å². The highest BCUT2D eigenvalue weighted by atomic mass is 16.5. The fourth-order valence-corrected chi connectivity index (χ4v) is 1.54. The molecule has 4 heteroatoms. The van der Waals surface area contributed by atoms with Gasteiger partial charge in [-0.2, -0.15) is 0 Å². The Kier molecular flexibility index (Phi) is 3.18. The lowest BCUT2D eigenvalue weighted by atomic mass is 10.2. The van der Waals surface area contributed by atoms with Crippen molar-refractivity contribution in [2.24, 2.45) is 0 Å². The molecule has 1 fully saturated rings. The molecule has 0 spiro atoms. The van der Waals surface area contributed by atoms with Crippen LogP contribution < -0.4 is 5.32 Å². The molecule has 1 aromatic rings. The fourth-order valence-electron chi connectivity index (χ4n) is 1.54. The first-order chi connectivity index (χ1) is 6.90. The van der Waals surface area contributed by atoms with Crippen LogP contribution in [0.25, 0.3) is 0 Å². The number of methoxy groups -OCH3 is 1. The molecule has 0 amide bonds. The Bertz CT molecular complexity index is 279. The summed E-state index contributed by atoms with van der Waals surface area (Å²) in [5, 5.41) is 3.26. The van der Waals surface area contributed by atoms with Crippen molar-refractivity contribution >= 4 is 0 Å². The Labute approximate surface area is 83.2 Å². The Morgan fingerprint density at radius 1 is 1.57 bits per heavy atom. The molecular formula is C10H15NO3. The van der Waals surface area contributed by atoms with Crippen LogP contribution in [-0.2, 0) is 16.1 Å². The second-order valence-corrected chi connectivity index (χ2v) is 3.30. The number of hydrogen-bond acceptors (Lipinski definition) is 4. The number of hydrogen-bond donors (Lipinski definition) is 1. The molecule has 1 aromatic heterocycles. The monoisotopic (exact) mass is 197 g/mol. The van der Waals surface area contributed by atoms with Gasteiger partial charge in [0, 0.05) is 20.2 Å². The molecule has 1 aliphatic heterocycles. The van der Waals surface area contributed by atoms with Crippen LogP contribution in [0.2, 0.25) is 0 Å². The number of nitrogens with one attached hydrogen (secondary N) is 1. The summed E-state index contributed by atoms with van der Waals surface area (Å²) >= 11 is 0. The van der Waals surface area contributed by atoms with E-state index in [9.17, 15) is 0 Å². The van der Waals surface area contributed by atoms with E-state index >= 15 is 0 Å². The maximum atomic E-state index is 5.57. The number of ether oxygens (including phenoxy) is 2. The summed E-state index contributed by atoms with van der Waals surface area (Å²) < 4.78 is 16.1. The fraction of sp³-hybridized carbons (Fsp3) is 0.600. The molecule has 1 saturated heterocycles. The Balaban J connectivity index is 2.00. The molecule has 4 nitrogen and oxygen atoms in total. The maximum absolute atomic E-state index is 5.57. The molecule has 1 atom stereocenters. The van der Waals surface area contributed by atoms with Gasteiger partial charge in [0.2, 0.25) is 0 Å². The van der Waals surface area contributed by atoms with Gasteiger partial charge in [-0.05, 0) is 12.1 Å². The minimum Gasteiger partial charge on any atom is -0.461 e. The zero-order valence-corrected chi connectivity index (χ0v) is 8.29. The molecule has 0 bridgehead atoms. The number of furan rings is 1. The minimum atomic E-state index is 0.0503. The summed E-state index contributed by atoms with van der Waals surface area (Å²) in [4.78, 5) is 0. The summed E-state index contributed by atoms with van der Waals surface area (Å²) in [6.07, 6.45) is 0.0503. The maximum Gasteiger partial charge on any atom is 0.134 e. The molecule has 0 aliphatic carbocycles. The third-order valence-corrected chi connectivity index (χ3v) is 2.21. The van der Waals surface area contributed by atoms with Crippen LogP contribution in [0, 0.1) is 0 Å². The van der Waals surface area contributed by atoms with Crippen LogP contribution in [0.1, 0.15) is 17.6 Å². The molecule has 1 unspecified atom stereocenters. The van der Waals surface area contributed by atoms with E-state index in [2.05, 4.69) is 5.32 Å². The van der Waals surface area contributed by atoms with Gasteiger partial charge in [-0.1, -0.05) is 0 Å². The molecule has 1 N–H and O–H groups in total. The topological polar surface area (TPSA) is 43.6 Å². The predicted octanol–water partition coefficient (Wildman–Crippen LogP) is 1.09. The molecule has 1 aliphatic rings. The van der Waals surface area contributed by atoms with Crippen LogP contribution in [0.4, 0.5) is 0 Å². The number of rotatable bonds is 3. The standard InChI is InChI=1S/C10H15NO3/c1-12-7-8-2-3-9(14-8)10-6-11-4-5-13-10/h2-3,10-11H,4-7H2,1H3. The van der Waals surface area contributed by atoms with Gasteiger partial charge in [-0.15, -0.1) is 0 Å².